The van der Waals surface area contributed by atoms with Crippen LogP contribution in [0.15, 0.2) is 66.7 Å². The predicted octanol–water partition coefficient (Wildman–Crippen LogP) is 5.58. The Morgan fingerprint density at radius 3 is 2.48 bits per heavy atom. The summed E-state index contributed by atoms with van der Waals surface area (Å²) in [6.45, 7) is 6.99. The minimum Gasteiger partial charge on any atom is -0.493 e. The summed E-state index contributed by atoms with van der Waals surface area (Å²) in [4.78, 5) is 2.48. The van der Waals surface area contributed by atoms with Crippen LogP contribution in [0.25, 0.3) is 0 Å². The molecular formula is C28H30NO2. The van der Waals surface area contributed by atoms with Crippen molar-refractivity contribution in [3.8, 4) is 11.5 Å². The van der Waals surface area contributed by atoms with E-state index in [1.54, 1.807) is 0 Å². The third-order valence-corrected chi connectivity index (χ3v) is 6.63. The first-order valence-corrected chi connectivity index (χ1v) is 11.4. The van der Waals surface area contributed by atoms with Gasteiger partial charge in [0.15, 0.2) is 0 Å². The second-order valence-electron chi connectivity index (χ2n) is 8.74. The molecule has 0 unspecified atom stereocenters. The Hall–Kier alpha value is -2.78. The first-order valence-electron chi connectivity index (χ1n) is 11.4. The Kier molecular flexibility index (Phi) is 5.95. The van der Waals surface area contributed by atoms with Crippen molar-refractivity contribution in [1.82, 2.24) is 4.90 Å². The van der Waals surface area contributed by atoms with E-state index >= 15 is 0 Å². The molecular weight excluding hydrogens is 382 g/mol. The van der Waals surface area contributed by atoms with E-state index < -0.39 is 0 Å². The van der Waals surface area contributed by atoms with Gasteiger partial charge in [-0.15, -0.1) is 0 Å². The molecule has 0 bridgehead atoms. The van der Waals surface area contributed by atoms with Crippen molar-refractivity contribution >= 4 is 0 Å². The van der Waals surface area contributed by atoms with Gasteiger partial charge >= 0.3 is 0 Å². The van der Waals surface area contributed by atoms with Crippen LogP contribution < -0.4 is 9.47 Å². The van der Waals surface area contributed by atoms with Crippen molar-refractivity contribution in [2.45, 2.75) is 31.6 Å². The van der Waals surface area contributed by atoms with Crippen LogP contribution in [0.4, 0.5) is 0 Å². The second kappa shape index (κ2) is 9.15. The van der Waals surface area contributed by atoms with E-state index in [0.29, 0.717) is 6.61 Å². The lowest BCUT2D eigenvalue weighted by Crippen LogP contribution is -2.25. The van der Waals surface area contributed by atoms with Crippen LogP contribution in [-0.2, 0) is 0 Å². The fourth-order valence-electron chi connectivity index (χ4n) is 4.89. The number of ether oxygens (including phenoxy) is 2. The van der Waals surface area contributed by atoms with E-state index in [4.69, 9.17) is 9.47 Å². The monoisotopic (exact) mass is 412 g/mol. The molecule has 2 aliphatic heterocycles. The van der Waals surface area contributed by atoms with E-state index in [1.807, 2.05) is 12.1 Å². The highest BCUT2D eigenvalue weighted by atomic mass is 16.5. The molecule has 3 aromatic carbocycles. The quantitative estimate of drug-likeness (QED) is 0.528. The highest BCUT2D eigenvalue weighted by molar-refractivity contribution is 5.48. The van der Waals surface area contributed by atoms with Crippen molar-refractivity contribution in [2.24, 2.45) is 0 Å². The molecule has 3 aromatic rings. The molecule has 2 heterocycles. The summed E-state index contributed by atoms with van der Waals surface area (Å²) in [5.74, 6) is 2.42. The zero-order chi connectivity index (χ0) is 21.0. The second-order valence-corrected chi connectivity index (χ2v) is 8.74. The zero-order valence-electron chi connectivity index (χ0n) is 18.2. The fourth-order valence-corrected chi connectivity index (χ4v) is 4.89. The van der Waals surface area contributed by atoms with Crippen LogP contribution in [0.3, 0.4) is 0 Å². The number of rotatable bonds is 6. The Morgan fingerprint density at radius 2 is 1.71 bits per heavy atom. The van der Waals surface area contributed by atoms with E-state index in [9.17, 15) is 0 Å². The first-order chi connectivity index (χ1) is 15.3. The van der Waals surface area contributed by atoms with Gasteiger partial charge in [-0.2, -0.15) is 0 Å². The molecule has 0 saturated carbocycles. The number of likely N-dealkylation sites (tertiary alicyclic amines) is 1. The number of hydrogen-bond donors (Lipinski definition) is 0. The molecule has 0 N–H and O–H groups in total. The number of hydrogen-bond acceptors (Lipinski definition) is 3. The first kappa shape index (κ1) is 20.1. The summed E-state index contributed by atoms with van der Waals surface area (Å²) in [6, 6.07) is 26.8. The number of aryl methyl sites for hydroxylation is 1. The number of fused-ring (bicyclic) bond motifs is 1. The lowest BCUT2D eigenvalue weighted by atomic mass is 9.76. The lowest BCUT2D eigenvalue weighted by Gasteiger charge is -2.34. The van der Waals surface area contributed by atoms with Crippen LogP contribution >= 0.6 is 0 Å². The number of nitrogens with zero attached hydrogens (tertiary/aromatic N) is 1. The van der Waals surface area contributed by atoms with Gasteiger partial charge in [-0.05, 0) is 68.2 Å². The van der Waals surface area contributed by atoms with Crippen LogP contribution in [0.2, 0.25) is 0 Å². The molecule has 0 aromatic heterocycles. The van der Waals surface area contributed by atoms with Crippen molar-refractivity contribution in [3.05, 3.63) is 95.1 Å². The molecule has 2 aliphatic rings. The highest BCUT2D eigenvalue weighted by Crippen LogP contribution is 2.46. The molecule has 0 amide bonds. The smallest absolute Gasteiger partial charge is 0.123 e. The van der Waals surface area contributed by atoms with Gasteiger partial charge in [0, 0.05) is 23.9 Å². The molecule has 0 spiro atoms. The molecule has 1 fully saturated rings. The summed E-state index contributed by atoms with van der Waals surface area (Å²) in [7, 11) is 0. The third kappa shape index (κ3) is 4.47. The normalized spacial score (nSPS) is 20.8. The van der Waals surface area contributed by atoms with E-state index in [1.165, 1.54) is 48.2 Å². The molecule has 3 heteroatoms. The Balaban J connectivity index is 1.37. The van der Waals surface area contributed by atoms with Crippen LogP contribution in [0.5, 0.6) is 11.5 Å². The van der Waals surface area contributed by atoms with Gasteiger partial charge in [0.2, 0.25) is 0 Å². The molecule has 1 saturated heterocycles. The molecule has 31 heavy (non-hydrogen) atoms. The molecule has 2 atom stereocenters. The fraction of sp³-hybridized carbons (Fsp3) is 0.357. The third-order valence-electron chi connectivity index (χ3n) is 6.63. The number of benzene rings is 3. The van der Waals surface area contributed by atoms with Crippen LogP contribution in [0.1, 0.15) is 46.9 Å². The van der Waals surface area contributed by atoms with E-state index in [2.05, 4.69) is 72.5 Å². The summed E-state index contributed by atoms with van der Waals surface area (Å²) in [5.41, 5.74) is 5.13. The Labute approximate surface area is 185 Å². The topological polar surface area (TPSA) is 21.7 Å². The average Bonchev–Trinajstić information content (AvgIpc) is 3.33. The standard InChI is InChI=1S/C28H30NO2/c1-21-8-10-22(11-9-21)26-20-31-27-7-3-2-6-25(27)28(26)23-12-14-24(15-13-23)30-19-18-29-16-4-5-17-29/h2,6-15,26,28H,4-5,16-20H2,1H3/t26-,28-/m1/s1. The summed E-state index contributed by atoms with van der Waals surface area (Å²) in [6.07, 6.45) is 2.64. The van der Waals surface area contributed by atoms with Crippen molar-refractivity contribution in [1.29, 1.82) is 0 Å². The van der Waals surface area contributed by atoms with Gasteiger partial charge in [-0.3, -0.25) is 4.90 Å². The van der Waals surface area contributed by atoms with Gasteiger partial charge < -0.3 is 9.47 Å². The summed E-state index contributed by atoms with van der Waals surface area (Å²) >= 11 is 0. The SMILES string of the molecule is Cc1ccc([C@H]2COc3c[c]ccc3[C@H]2c2ccc(OCCN3CCCC3)cc2)cc1. The molecule has 1 radical (unpaired) electrons. The Bertz CT molecular complexity index is 990. The Morgan fingerprint density at radius 1 is 0.968 bits per heavy atom. The van der Waals surface area contributed by atoms with E-state index in [0.717, 1.165) is 24.7 Å². The average molecular weight is 413 g/mol. The molecule has 5 rings (SSSR count). The largest absolute Gasteiger partial charge is 0.493 e. The van der Waals surface area contributed by atoms with Gasteiger partial charge in [0.25, 0.3) is 0 Å². The maximum Gasteiger partial charge on any atom is 0.123 e. The molecule has 3 nitrogen and oxygen atoms in total. The van der Waals surface area contributed by atoms with E-state index in [-0.39, 0.29) is 11.8 Å². The van der Waals surface area contributed by atoms with Crippen LogP contribution in [-0.4, -0.2) is 37.7 Å². The van der Waals surface area contributed by atoms with Crippen molar-refractivity contribution in [2.75, 3.05) is 32.8 Å². The van der Waals surface area contributed by atoms with Crippen molar-refractivity contribution < 1.29 is 9.47 Å². The van der Waals surface area contributed by atoms with Gasteiger partial charge in [-0.1, -0.05) is 54.1 Å². The van der Waals surface area contributed by atoms with Crippen LogP contribution in [0, 0.1) is 13.0 Å². The van der Waals surface area contributed by atoms with Gasteiger partial charge in [-0.25, -0.2) is 0 Å². The minimum atomic E-state index is 0.250. The molecule has 159 valence electrons. The predicted molar refractivity (Wildman–Crippen MR) is 124 cm³/mol. The summed E-state index contributed by atoms with van der Waals surface area (Å²) < 4.78 is 12.2. The summed E-state index contributed by atoms with van der Waals surface area (Å²) in [5, 5.41) is 0. The maximum absolute atomic E-state index is 6.14. The minimum absolute atomic E-state index is 0.250. The van der Waals surface area contributed by atoms with Crippen molar-refractivity contribution in [3.63, 3.8) is 0 Å². The van der Waals surface area contributed by atoms with Gasteiger partial charge in [0.05, 0.1) is 6.61 Å². The maximum atomic E-state index is 6.14. The molecule has 0 aliphatic carbocycles. The van der Waals surface area contributed by atoms with Gasteiger partial charge in [0.1, 0.15) is 18.1 Å². The lowest BCUT2D eigenvalue weighted by molar-refractivity contribution is 0.237. The highest BCUT2D eigenvalue weighted by Gasteiger charge is 2.33. The zero-order valence-corrected chi connectivity index (χ0v) is 18.2.